The van der Waals surface area contributed by atoms with Crippen LogP contribution in [0.25, 0.3) is 0 Å². The van der Waals surface area contributed by atoms with Crippen LogP contribution in [-0.2, 0) is 22.5 Å². The number of hydrogen-bond acceptors (Lipinski definition) is 4. The van der Waals surface area contributed by atoms with E-state index in [0.29, 0.717) is 41.2 Å². The van der Waals surface area contributed by atoms with Crippen LogP contribution in [-0.4, -0.2) is 31.1 Å². The van der Waals surface area contributed by atoms with Gasteiger partial charge in [0.1, 0.15) is 5.69 Å². The molecule has 24 heavy (non-hydrogen) atoms. The second-order valence-electron chi connectivity index (χ2n) is 5.41. The molecule has 2 N–H and O–H groups in total. The Hall–Kier alpha value is -2.60. The Morgan fingerprint density at radius 1 is 1.25 bits per heavy atom. The van der Waals surface area contributed by atoms with Crippen LogP contribution < -0.4 is 5.32 Å². The highest BCUT2D eigenvalue weighted by molar-refractivity contribution is 6.06. The number of rotatable bonds is 6. The predicted molar refractivity (Wildman–Crippen MR) is 91.4 cm³/mol. The van der Waals surface area contributed by atoms with E-state index in [1.165, 1.54) is 7.11 Å². The standard InChI is InChI=1S/C18H22N2O4/c1-5-14-15(18(22)24-4)11(2)16(20-14)17(21)19-13-8-6-7-12(9-13)10-23-3/h6-9,20H,5,10H2,1-4H3,(H,19,21). The van der Waals surface area contributed by atoms with Crippen LogP contribution in [0.5, 0.6) is 0 Å². The highest BCUT2D eigenvalue weighted by Gasteiger charge is 2.23. The molecule has 6 nitrogen and oxygen atoms in total. The normalized spacial score (nSPS) is 10.5. The lowest BCUT2D eigenvalue weighted by molar-refractivity contribution is 0.0599. The van der Waals surface area contributed by atoms with Gasteiger partial charge in [0.25, 0.3) is 5.91 Å². The molecule has 128 valence electrons. The van der Waals surface area contributed by atoms with E-state index in [4.69, 9.17) is 9.47 Å². The molecular formula is C18H22N2O4. The van der Waals surface area contributed by atoms with Crippen LogP contribution in [0.3, 0.4) is 0 Å². The molecule has 0 aliphatic carbocycles. The first-order valence-corrected chi connectivity index (χ1v) is 7.70. The minimum Gasteiger partial charge on any atom is -0.465 e. The molecular weight excluding hydrogens is 308 g/mol. The van der Waals surface area contributed by atoms with Gasteiger partial charge in [0.2, 0.25) is 0 Å². The molecule has 2 aromatic rings. The summed E-state index contributed by atoms with van der Waals surface area (Å²) in [5, 5.41) is 2.84. The highest BCUT2D eigenvalue weighted by atomic mass is 16.5. The van der Waals surface area contributed by atoms with Crippen molar-refractivity contribution in [2.45, 2.75) is 26.9 Å². The summed E-state index contributed by atoms with van der Waals surface area (Å²) < 4.78 is 9.90. The number of aromatic amines is 1. The first-order chi connectivity index (χ1) is 11.5. The molecule has 1 aromatic heterocycles. The summed E-state index contributed by atoms with van der Waals surface area (Å²) in [6.07, 6.45) is 0.599. The maximum Gasteiger partial charge on any atom is 0.339 e. The molecule has 1 amide bonds. The molecule has 0 atom stereocenters. The van der Waals surface area contributed by atoms with E-state index < -0.39 is 5.97 Å². The predicted octanol–water partition coefficient (Wildman–Crippen LogP) is 3.07. The van der Waals surface area contributed by atoms with Gasteiger partial charge in [-0.3, -0.25) is 4.79 Å². The molecule has 0 bridgehead atoms. The molecule has 0 unspecified atom stereocenters. The molecule has 0 radical (unpaired) electrons. The third kappa shape index (κ3) is 3.65. The Kier molecular flexibility index (Phi) is 5.76. The Balaban J connectivity index is 2.28. The number of ether oxygens (including phenoxy) is 2. The van der Waals surface area contributed by atoms with E-state index >= 15 is 0 Å². The van der Waals surface area contributed by atoms with Crippen molar-refractivity contribution in [2.24, 2.45) is 0 Å². The lowest BCUT2D eigenvalue weighted by atomic mass is 10.1. The fraction of sp³-hybridized carbons (Fsp3) is 0.333. The number of methoxy groups -OCH3 is 2. The number of hydrogen-bond donors (Lipinski definition) is 2. The average molecular weight is 330 g/mol. The number of anilines is 1. The number of benzene rings is 1. The largest absolute Gasteiger partial charge is 0.465 e. The smallest absolute Gasteiger partial charge is 0.339 e. The number of aryl methyl sites for hydroxylation is 1. The zero-order valence-electron chi connectivity index (χ0n) is 14.4. The number of carbonyl (C=O) groups is 2. The number of esters is 1. The minimum atomic E-state index is -0.443. The number of nitrogens with one attached hydrogen (secondary N) is 2. The molecule has 0 aliphatic heterocycles. The van der Waals surface area contributed by atoms with Crippen molar-refractivity contribution in [3.8, 4) is 0 Å². The fourth-order valence-electron chi connectivity index (χ4n) is 2.63. The van der Waals surface area contributed by atoms with Gasteiger partial charge < -0.3 is 19.8 Å². The SMILES string of the molecule is CCc1[nH]c(C(=O)Nc2cccc(COC)c2)c(C)c1C(=O)OC. The minimum absolute atomic E-state index is 0.299. The van der Waals surface area contributed by atoms with Crippen molar-refractivity contribution < 1.29 is 19.1 Å². The van der Waals surface area contributed by atoms with Crippen LogP contribution in [0.15, 0.2) is 24.3 Å². The summed E-state index contributed by atoms with van der Waals surface area (Å²) in [4.78, 5) is 27.5. The number of H-pyrrole nitrogens is 1. The fourth-order valence-corrected chi connectivity index (χ4v) is 2.63. The maximum absolute atomic E-state index is 12.6. The zero-order chi connectivity index (χ0) is 17.7. The van der Waals surface area contributed by atoms with Crippen LogP contribution in [0.1, 0.15) is 44.6 Å². The monoisotopic (exact) mass is 330 g/mol. The lowest BCUT2D eigenvalue weighted by Crippen LogP contribution is -2.14. The van der Waals surface area contributed by atoms with E-state index in [1.807, 2.05) is 25.1 Å². The quantitative estimate of drug-likeness (QED) is 0.798. The zero-order valence-corrected chi connectivity index (χ0v) is 14.4. The van der Waals surface area contributed by atoms with Crippen molar-refractivity contribution in [3.05, 3.63) is 52.3 Å². The molecule has 6 heteroatoms. The average Bonchev–Trinajstić information content (AvgIpc) is 2.91. The van der Waals surface area contributed by atoms with Crippen LogP contribution >= 0.6 is 0 Å². The molecule has 0 saturated carbocycles. The third-order valence-electron chi connectivity index (χ3n) is 3.79. The number of carbonyl (C=O) groups excluding carboxylic acids is 2. The molecule has 0 saturated heterocycles. The number of aromatic nitrogens is 1. The molecule has 2 rings (SSSR count). The van der Waals surface area contributed by atoms with E-state index in [9.17, 15) is 9.59 Å². The van der Waals surface area contributed by atoms with Gasteiger partial charge in [0.05, 0.1) is 19.3 Å². The van der Waals surface area contributed by atoms with E-state index in [1.54, 1.807) is 20.1 Å². The maximum atomic E-state index is 12.6. The molecule has 0 spiro atoms. The van der Waals surface area contributed by atoms with Crippen LogP contribution in [0.2, 0.25) is 0 Å². The summed E-state index contributed by atoms with van der Waals surface area (Å²) in [5.74, 6) is -0.742. The second kappa shape index (κ2) is 7.79. The Bertz CT molecular complexity index is 749. The summed E-state index contributed by atoms with van der Waals surface area (Å²) in [7, 11) is 2.95. The number of amides is 1. The van der Waals surface area contributed by atoms with Gasteiger partial charge in [-0.25, -0.2) is 4.79 Å². The Morgan fingerprint density at radius 3 is 2.62 bits per heavy atom. The van der Waals surface area contributed by atoms with Gasteiger partial charge in [-0.15, -0.1) is 0 Å². The first-order valence-electron chi connectivity index (χ1n) is 7.70. The van der Waals surface area contributed by atoms with Gasteiger partial charge in [-0.2, -0.15) is 0 Å². The third-order valence-corrected chi connectivity index (χ3v) is 3.79. The van der Waals surface area contributed by atoms with Crippen molar-refractivity contribution in [2.75, 3.05) is 19.5 Å². The van der Waals surface area contributed by atoms with Gasteiger partial charge >= 0.3 is 5.97 Å². The van der Waals surface area contributed by atoms with Crippen molar-refractivity contribution in [3.63, 3.8) is 0 Å². The van der Waals surface area contributed by atoms with Gasteiger partial charge in [0.15, 0.2) is 0 Å². The first kappa shape index (κ1) is 17.7. The van der Waals surface area contributed by atoms with Gasteiger partial charge in [0, 0.05) is 18.5 Å². The molecule has 0 fully saturated rings. The lowest BCUT2D eigenvalue weighted by Gasteiger charge is -2.07. The van der Waals surface area contributed by atoms with Crippen LogP contribution in [0.4, 0.5) is 5.69 Å². The van der Waals surface area contributed by atoms with Crippen molar-refractivity contribution in [1.29, 1.82) is 0 Å². The van der Waals surface area contributed by atoms with E-state index in [2.05, 4.69) is 10.3 Å². The molecule has 1 heterocycles. The summed E-state index contributed by atoms with van der Waals surface area (Å²) in [5.41, 5.74) is 3.70. The van der Waals surface area contributed by atoms with E-state index in [-0.39, 0.29) is 5.91 Å². The molecule has 1 aromatic carbocycles. The second-order valence-corrected chi connectivity index (χ2v) is 5.41. The van der Waals surface area contributed by atoms with E-state index in [0.717, 1.165) is 5.56 Å². The van der Waals surface area contributed by atoms with Crippen LogP contribution in [0, 0.1) is 6.92 Å². The molecule has 0 aliphatic rings. The Labute approximate surface area is 141 Å². The summed E-state index contributed by atoms with van der Waals surface area (Å²) in [6, 6.07) is 7.42. The Morgan fingerprint density at radius 2 is 2.00 bits per heavy atom. The summed E-state index contributed by atoms with van der Waals surface area (Å²) in [6.45, 7) is 4.11. The van der Waals surface area contributed by atoms with Crippen molar-refractivity contribution >= 4 is 17.6 Å². The van der Waals surface area contributed by atoms with Gasteiger partial charge in [-0.1, -0.05) is 19.1 Å². The summed E-state index contributed by atoms with van der Waals surface area (Å²) >= 11 is 0. The van der Waals surface area contributed by atoms with Gasteiger partial charge in [-0.05, 0) is 36.6 Å². The highest BCUT2D eigenvalue weighted by Crippen LogP contribution is 2.21. The van der Waals surface area contributed by atoms with Crippen molar-refractivity contribution in [1.82, 2.24) is 4.98 Å². The topological polar surface area (TPSA) is 80.4 Å².